The first-order valence-electron chi connectivity index (χ1n) is 4.64. The van der Waals surface area contributed by atoms with Crippen LogP contribution in [-0.2, 0) is 4.79 Å². The number of likely N-dealkylation sites (N-methyl/N-ethyl adjacent to an activating group) is 1. The van der Waals surface area contributed by atoms with E-state index in [4.69, 9.17) is 6.42 Å². The van der Waals surface area contributed by atoms with E-state index in [1.165, 1.54) is 16.2 Å². The van der Waals surface area contributed by atoms with Crippen LogP contribution in [0.25, 0.3) is 0 Å². The summed E-state index contributed by atoms with van der Waals surface area (Å²) in [5.41, 5.74) is 0. The van der Waals surface area contributed by atoms with E-state index in [2.05, 4.69) is 11.2 Å². The highest BCUT2D eigenvalue weighted by atomic mass is 32.1. The summed E-state index contributed by atoms with van der Waals surface area (Å²) in [6.45, 7) is 0.211. The molecule has 4 nitrogen and oxygen atoms in total. The van der Waals surface area contributed by atoms with Crippen molar-refractivity contribution in [3.8, 4) is 12.3 Å². The molecule has 0 fully saturated rings. The Bertz CT molecular complexity index is 406. The normalized spacial score (nSPS) is 9.25. The number of amides is 2. The maximum absolute atomic E-state index is 11.5. The SMILES string of the molecule is C#CCN(C)C(=O)CNC(=O)c1cccs1. The second-order valence-corrected chi connectivity index (χ2v) is 4.06. The number of rotatable bonds is 4. The highest BCUT2D eigenvalue weighted by Crippen LogP contribution is 2.07. The van der Waals surface area contributed by atoms with Gasteiger partial charge in [-0.05, 0) is 11.4 Å². The Morgan fingerprint density at radius 2 is 2.38 bits per heavy atom. The molecule has 16 heavy (non-hydrogen) atoms. The quantitative estimate of drug-likeness (QED) is 0.777. The van der Waals surface area contributed by atoms with Crippen LogP contribution in [0.15, 0.2) is 17.5 Å². The van der Waals surface area contributed by atoms with E-state index in [0.717, 1.165) is 0 Å². The van der Waals surface area contributed by atoms with Crippen molar-refractivity contribution >= 4 is 23.2 Å². The van der Waals surface area contributed by atoms with Gasteiger partial charge in [0.05, 0.1) is 18.0 Å². The van der Waals surface area contributed by atoms with E-state index in [1.807, 2.05) is 0 Å². The molecule has 1 heterocycles. The standard InChI is InChI=1S/C11H12N2O2S/c1-3-6-13(2)10(14)8-12-11(15)9-5-4-7-16-9/h1,4-5,7H,6,8H2,2H3,(H,12,15). The lowest BCUT2D eigenvalue weighted by molar-refractivity contribution is -0.128. The van der Waals surface area contributed by atoms with Gasteiger partial charge in [-0.15, -0.1) is 17.8 Å². The molecular formula is C11H12N2O2S. The summed E-state index contributed by atoms with van der Waals surface area (Å²) in [7, 11) is 1.60. The van der Waals surface area contributed by atoms with Gasteiger partial charge in [-0.2, -0.15) is 0 Å². The van der Waals surface area contributed by atoms with Crippen molar-refractivity contribution in [2.75, 3.05) is 20.1 Å². The van der Waals surface area contributed by atoms with Crippen molar-refractivity contribution in [1.29, 1.82) is 0 Å². The lowest BCUT2D eigenvalue weighted by atomic mass is 10.4. The van der Waals surface area contributed by atoms with E-state index in [9.17, 15) is 9.59 Å². The Labute approximate surface area is 98.3 Å². The Kier molecular flexibility index (Phi) is 4.55. The summed E-state index contributed by atoms with van der Waals surface area (Å²) in [6.07, 6.45) is 5.07. The average Bonchev–Trinajstić information content (AvgIpc) is 2.79. The minimum atomic E-state index is -0.238. The first-order chi connectivity index (χ1) is 7.65. The first kappa shape index (κ1) is 12.3. The summed E-state index contributed by atoms with van der Waals surface area (Å²) < 4.78 is 0. The van der Waals surface area contributed by atoms with Gasteiger partial charge in [0.1, 0.15) is 0 Å². The monoisotopic (exact) mass is 236 g/mol. The zero-order valence-corrected chi connectivity index (χ0v) is 9.71. The fourth-order valence-corrected chi connectivity index (χ4v) is 1.65. The molecule has 0 spiro atoms. The summed E-state index contributed by atoms with van der Waals surface area (Å²) in [6, 6.07) is 3.49. The maximum Gasteiger partial charge on any atom is 0.261 e. The number of carbonyl (C=O) groups excluding carboxylic acids is 2. The fourth-order valence-electron chi connectivity index (χ4n) is 1.01. The molecule has 1 aromatic heterocycles. The van der Waals surface area contributed by atoms with Crippen LogP contribution in [-0.4, -0.2) is 36.9 Å². The van der Waals surface area contributed by atoms with Crippen LogP contribution in [0.4, 0.5) is 0 Å². The number of terminal acetylenes is 1. The van der Waals surface area contributed by atoms with Gasteiger partial charge in [0.15, 0.2) is 0 Å². The Hall–Kier alpha value is -1.80. The molecule has 0 aliphatic carbocycles. The molecule has 0 aliphatic rings. The van der Waals surface area contributed by atoms with Crippen LogP contribution in [0.1, 0.15) is 9.67 Å². The van der Waals surface area contributed by atoms with Crippen LogP contribution in [0, 0.1) is 12.3 Å². The van der Waals surface area contributed by atoms with Crippen LogP contribution < -0.4 is 5.32 Å². The Morgan fingerprint density at radius 1 is 1.62 bits per heavy atom. The summed E-state index contributed by atoms with van der Waals surface area (Å²) >= 11 is 1.33. The fraction of sp³-hybridized carbons (Fsp3) is 0.273. The van der Waals surface area contributed by atoms with Gasteiger partial charge < -0.3 is 10.2 Å². The van der Waals surface area contributed by atoms with E-state index in [0.29, 0.717) is 4.88 Å². The van der Waals surface area contributed by atoms with Crippen molar-refractivity contribution < 1.29 is 9.59 Å². The van der Waals surface area contributed by atoms with Gasteiger partial charge in [0, 0.05) is 7.05 Å². The molecule has 1 rings (SSSR count). The molecule has 0 aromatic carbocycles. The molecule has 1 aromatic rings. The molecule has 0 bridgehead atoms. The molecule has 0 aliphatic heterocycles. The van der Waals surface area contributed by atoms with Gasteiger partial charge in [0.25, 0.3) is 5.91 Å². The van der Waals surface area contributed by atoms with E-state index < -0.39 is 0 Å². The second-order valence-electron chi connectivity index (χ2n) is 3.11. The largest absolute Gasteiger partial charge is 0.342 e. The second kappa shape index (κ2) is 5.93. The number of thiophene rings is 1. The Balaban J connectivity index is 2.38. The summed E-state index contributed by atoms with van der Waals surface area (Å²) in [5, 5.41) is 4.34. The summed E-state index contributed by atoms with van der Waals surface area (Å²) in [5.74, 6) is 1.91. The lowest BCUT2D eigenvalue weighted by Crippen LogP contribution is -2.38. The van der Waals surface area contributed by atoms with Gasteiger partial charge >= 0.3 is 0 Å². The summed E-state index contributed by atoms with van der Waals surface area (Å²) in [4.78, 5) is 24.9. The molecule has 84 valence electrons. The van der Waals surface area contributed by atoms with Crippen molar-refractivity contribution in [1.82, 2.24) is 10.2 Å². The molecule has 2 amide bonds. The molecule has 0 radical (unpaired) electrons. The van der Waals surface area contributed by atoms with Crippen LogP contribution in [0.3, 0.4) is 0 Å². The van der Waals surface area contributed by atoms with E-state index in [-0.39, 0.29) is 24.9 Å². The number of hydrogen-bond acceptors (Lipinski definition) is 3. The smallest absolute Gasteiger partial charge is 0.261 e. The zero-order chi connectivity index (χ0) is 12.0. The van der Waals surface area contributed by atoms with Crippen LogP contribution >= 0.6 is 11.3 Å². The van der Waals surface area contributed by atoms with Crippen LogP contribution in [0.2, 0.25) is 0 Å². The molecular weight excluding hydrogens is 224 g/mol. The third kappa shape index (κ3) is 3.41. The van der Waals surface area contributed by atoms with E-state index >= 15 is 0 Å². The molecule has 0 saturated carbocycles. The molecule has 0 unspecified atom stereocenters. The average molecular weight is 236 g/mol. The van der Waals surface area contributed by atoms with Gasteiger partial charge in [-0.1, -0.05) is 12.0 Å². The van der Waals surface area contributed by atoms with Gasteiger partial charge in [0.2, 0.25) is 5.91 Å². The third-order valence-corrected chi connectivity index (χ3v) is 2.77. The predicted octanol–water partition coefficient (Wildman–Crippen LogP) is 0.569. The Morgan fingerprint density at radius 3 is 2.94 bits per heavy atom. The van der Waals surface area contributed by atoms with E-state index in [1.54, 1.807) is 24.6 Å². The molecule has 0 atom stereocenters. The van der Waals surface area contributed by atoms with Crippen molar-refractivity contribution in [3.05, 3.63) is 22.4 Å². The minimum absolute atomic E-state index is 0.0328. The van der Waals surface area contributed by atoms with Crippen molar-refractivity contribution in [2.24, 2.45) is 0 Å². The number of nitrogens with one attached hydrogen (secondary N) is 1. The van der Waals surface area contributed by atoms with Crippen molar-refractivity contribution in [3.63, 3.8) is 0 Å². The number of nitrogens with zero attached hydrogens (tertiary/aromatic N) is 1. The molecule has 0 saturated heterocycles. The topological polar surface area (TPSA) is 49.4 Å². The van der Waals surface area contributed by atoms with Crippen molar-refractivity contribution in [2.45, 2.75) is 0 Å². The maximum atomic E-state index is 11.5. The number of carbonyl (C=O) groups is 2. The predicted molar refractivity (Wildman–Crippen MR) is 63.1 cm³/mol. The minimum Gasteiger partial charge on any atom is -0.342 e. The zero-order valence-electron chi connectivity index (χ0n) is 8.90. The highest BCUT2D eigenvalue weighted by molar-refractivity contribution is 7.12. The third-order valence-electron chi connectivity index (χ3n) is 1.90. The van der Waals surface area contributed by atoms with Crippen LogP contribution in [0.5, 0.6) is 0 Å². The lowest BCUT2D eigenvalue weighted by Gasteiger charge is -2.13. The van der Waals surface area contributed by atoms with Gasteiger partial charge in [-0.25, -0.2) is 0 Å². The molecule has 1 N–H and O–H groups in total. The highest BCUT2D eigenvalue weighted by Gasteiger charge is 2.10. The first-order valence-corrected chi connectivity index (χ1v) is 5.52. The van der Waals surface area contributed by atoms with Gasteiger partial charge in [-0.3, -0.25) is 9.59 Å². The molecule has 5 heteroatoms. The number of hydrogen-bond donors (Lipinski definition) is 1.